The molecule has 0 spiro atoms. The van der Waals surface area contributed by atoms with Gasteiger partial charge in [0, 0.05) is 20.7 Å². The number of carboxylic acid groups (broad SMARTS) is 1. The molecule has 0 aromatic heterocycles. The van der Waals surface area contributed by atoms with Gasteiger partial charge in [0.1, 0.15) is 0 Å². The highest BCUT2D eigenvalue weighted by molar-refractivity contribution is 6.01. The van der Waals surface area contributed by atoms with Crippen molar-refractivity contribution in [2.45, 2.75) is 0 Å². The summed E-state index contributed by atoms with van der Waals surface area (Å²) in [5.41, 5.74) is 0.411. The van der Waals surface area contributed by atoms with Crippen LogP contribution in [-0.4, -0.2) is 57.6 Å². The average Bonchev–Trinajstić information content (AvgIpc) is 2.49. The number of carbonyl (C=O) groups excluding carboxylic acids is 1. The van der Waals surface area contributed by atoms with Crippen LogP contribution in [0, 0.1) is 0 Å². The van der Waals surface area contributed by atoms with Crippen LogP contribution in [0.15, 0.2) is 24.3 Å². The summed E-state index contributed by atoms with van der Waals surface area (Å²) in [5, 5.41) is 11.8. The maximum absolute atomic E-state index is 11.9. The number of carboxylic acids is 1. The molecular formula is C14H20N2O5. The smallest absolute Gasteiger partial charge is 0.337 e. The zero-order valence-corrected chi connectivity index (χ0v) is 12.2. The molecule has 0 aliphatic heterocycles. The number of urea groups is 1. The topological polar surface area (TPSA) is 88.1 Å². The second-order valence-corrected chi connectivity index (χ2v) is 4.22. The lowest BCUT2D eigenvalue weighted by molar-refractivity contribution is 0.0697. The number of hydrogen-bond donors (Lipinski definition) is 2. The van der Waals surface area contributed by atoms with Crippen LogP contribution < -0.4 is 10.2 Å². The first-order valence-corrected chi connectivity index (χ1v) is 6.48. The predicted molar refractivity (Wildman–Crippen MR) is 77.9 cm³/mol. The second-order valence-electron chi connectivity index (χ2n) is 4.22. The maximum atomic E-state index is 11.9. The first-order chi connectivity index (χ1) is 10.1. The van der Waals surface area contributed by atoms with E-state index >= 15 is 0 Å². The van der Waals surface area contributed by atoms with Gasteiger partial charge in [-0.1, -0.05) is 12.1 Å². The van der Waals surface area contributed by atoms with Gasteiger partial charge in [0.25, 0.3) is 0 Å². The molecule has 0 aliphatic carbocycles. The molecule has 2 amide bonds. The number of methoxy groups -OCH3 is 1. The summed E-state index contributed by atoms with van der Waals surface area (Å²) in [7, 11) is 3.10. The number of para-hydroxylation sites is 1. The minimum Gasteiger partial charge on any atom is -0.478 e. The Morgan fingerprint density at radius 2 is 1.95 bits per heavy atom. The number of nitrogens with zero attached hydrogens (tertiary/aromatic N) is 1. The highest BCUT2D eigenvalue weighted by Crippen LogP contribution is 2.18. The van der Waals surface area contributed by atoms with Gasteiger partial charge in [-0.05, 0) is 12.1 Å². The van der Waals surface area contributed by atoms with Crippen LogP contribution in [0.25, 0.3) is 0 Å². The van der Waals surface area contributed by atoms with Crippen molar-refractivity contribution in [3.05, 3.63) is 29.8 Å². The first kappa shape index (κ1) is 16.9. The lowest BCUT2D eigenvalue weighted by Gasteiger charge is -2.19. The molecule has 1 rings (SSSR count). The zero-order valence-electron chi connectivity index (χ0n) is 12.2. The van der Waals surface area contributed by atoms with Crippen molar-refractivity contribution in [3.8, 4) is 0 Å². The van der Waals surface area contributed by atoms with E-state index in [1.165, 1.54) is 18.0 Å². The summed E-state index contributed by atoms with van der Waals surface area (Å²) < 4.78 is 10.0. The number of aromatic carboxylic acids is 1. The van der Waals surface area contributed by atoms with Gasteiger partial charge in [0.15, 0.2) is 0 Å². The summed E-state index contributed by atoms with van der Waals surface area (Å²) in [6, 6.07) is 5.94. The largest absolute Gasteiger partial charge is 0.478 e. The predicted octanol–water partition coefficient (Wildman–Crippen LogP) is 1.19. The number of carbonyl (C=O) groups is 2. The van der Waals surface area contributed by atoms with Crippen molar-refractivity contribution >= 4 is 17.7 Å². The Labute approximate surface area is 123 Å². The standard InChI is InChI=1S/C14H20N2O5/c1-16(12-6-4-3-5-11(12)13(17)18)14(19)15-7-8-21-10-9-20-2/h3-6H,7-10H2,1-2H3,(H,15,19)(H,17,18). The van der Waals surface area contributed by atoms with Gasteiger partial charge in [-0.2, -0.15) is 0 Å². The normalized spacial score (nSPS) is 10.2. The molecule has 7 heteroatoms. The van der Waals surface area contributed by atoms with Crippen LogP contribution in [0.1, 0.15) is 10.4 Å². The van der Waals surface area contributed by atoms with E-state index in [2.05, 4.69) is 5.32 Å². The number of hydrogen-bond acceptors (Lipinski definition) is 4. The number of amides is 2. The lowest BCUT2D eigenvalue weighted by Crippen LogP contribution is -2.39. The first-order valence-electron chi connectivity index (χ1n) is 6.48. The van der Waals surface area contributed by atoms with E-state index in [0.29, 0.717) is 32.1 Å². The van der Waals surface area contributed by atoms with Crippen LogP contribution >= 0.6 is 0 Å². The quantitative estimate of drug-likeness (QED) is 0.704. The molecule has 0 bridgehead atoms. The lowest BCUT2D eigenvalue weighted by atomic mass is 10.1. The highest BCUT2D eigenvalue weighted by atomic mass is 16.5. The molecule has 0 atom stereocenters. The van der Waals surface area contributed by atoms with Gasteiger partial charge in [-0.25, -0.2) is 9.59 Å². The Hall–Kier alpha value is -2.12. The molecule has 0 saturated heterocycles. The number of anilines is 1. The van der Waals surface area contributed by atoms with E-state index in [9.17, 15) is 9.59 Å². The van der Waals surface area contributed by atoms with E-state index in [0.717, 1.165) is 0 Å². The minimum atomic E-state index is -1.08. The van der Waals surface area contributed by atoms with Crippen molar-refractivity contribution in [3.63, 3.8) is 0 Å². The number of ether oxygens (including phenoxy) is 2. The molecule has 2 N–H and O–H groups in total. The molecule has 0 fully saturated rings. The molecule has 0 unspecified atom stereocenters. The van der Waals surface area contributed by atoms with Crippen molar-refractivity contribution in [2.24, 2.45) is 0 Å². The van der Waals surface area contributed by atoms with Crippen LogP contribution in [0.4, 0.5) is 10.5 Å². The third-order valence-corrected chi connectivity index (χ3v) is 2.75. The number of nitrogens with one attached hydrogen (secondary N) is 1. The monoisotopic (exact) mass is 296 g/mol. The molecule has 7 nitrogen and oxygen atoms in total. The van der Waals surface area contributed by atoms with Crippen molar-refractivity contribution in [1.29, 1.82) is 0 Å². The molecule has 0 saturated carbocycles. The van der Waals surface area contributed by atoms with E-state index < -0.39 is 5.97 Å². The fourth-order valence-electron chi connectivity index (χ4n) is 1.65. The van der Waals surface area contributed by atoms with E-state index in [1.54, 1.807) is 25.3 Å². The Kier molecular flexibility index (Phi) is 7.20. The van der Waals surface area contributed by atoms with Gasteiger partial charge in [-0.3, -0.25) is 4.90 Å². The van der Waals surface area contributed by atoms with Gasteiger partial charge >= 0.3 is 12.0 Å². The summed E-state index contributed by atoms with van der Waals surface area (Å²) in [6.45, 7) is 1.66. The van der Waals surface area contributed by atoms with Gasteiger partial charge in [-0.15, -0.1) is 0 Å². The second kappa shape index (κ2) is 8.93. The number of rotatable bonds is 8. The van der Waals surface area contributed by atoms with E-state index in [-0.39, 0.29) is 11.6 Å². The summed E-state index contributed by atoms with van der Waals surface area (Å²) in [6.07, 6.45) is 0. The van der Waals surface area contributed by atoms with Crippen LogP contribution in [0.5, 0.6) is 0 Å². The summed E-state index contributed by atoms with van der Waals surface area (Å²) in [5.74, 6) is -1.08. The maximum Gasteiger partial charge on any atom is 0.337 e. The van der Waals surface area contributed by atoms with Gasteiger partial charge < -0.3 is 19.9 Å². The Bertz CT molecular complexity index is 478. The van der Waals surface area contributed by atoms with Crippen LogP contribution in [0.2, 0.25) is 0 Å². The Morgan fingerprint density at radius 1 is 1.24 bits per heavy atom. The highest BCUT2D eigenvalue weighted by Gasteiger charge is 2.17. The minimum absolute atomic E-state index is 0.0755. The summed E-state index contributed by atoms with van der Waals surface area (Å²) in [4.78, 5) is 24.3. The Balaban J connectivity index is 2.49. The fourth-order valence-corrected chi connectivity index (χ4v) is 1.65. The molecule has 0 heterocycles. The fraction of sp³-hybridized carbons (Fsp3) is 0.429. The van der Waals surface area contributed by atoms with Crippen molar-refractivity contribution in [2.75, 3.05) is 45.4 Å². The zero-order chi connectivity index (χ0) is 15.7. The molecule has 1 aromatic rings. The van der Waals surface area contributed by atoms with Crippen molar-refractivity contribution < 1.29 is 24.2 Å². The Morgan fingerprint density at radius 3 is 2.62 bits per heavy atom. The summed E-state index contributed by atoms with van der Waals surface area (Å²) >= 11 is 0. The average molecular weight is 296 g/mol. The molecule has 21 heavy (non-hydrogen) atoms. The third kappa shape index (κ3) is 5.41. The third-order valence-electron chi connectivity index (χ3n) is 2.75. The molecule has 1 aromatic carbocycles. The van der Waals surface area contributed by atoms with Gasteiger partial charge in [0.2, 0.25) is 0 Å². The molecular weight excluding hydrogens is 276 g/mol. The van der Waals surface area contributed by atoms with Crippen molar-refractivity contribution in [1.82, 2.24) is 5.32 Å². The van der Waals surface area contributed by atoms with Gasteiger partial charge in [0.05, 0.1) is 31.1 Å². The van der Waals surface area contributed by atoms with Crippen LogP contribution in [0.3, 0.4) is 0 Å². The molecule has 0 aliphatic rings. The number of benzene rings is 1. The van der Waals surface area contributed by atoms with E-state index in [1.807, 2.05) is 0 Å². The van der Waals surface area contributed by atoms with Crippen LogP contribution in [-0.2, 0) is 9.47 Å². The van der Waals surface area contributed by atoms with E-state index in [4.69, 9.17) is 14.6 Å². The SMILES string of the molecule is COCCOCCNC(=O)N(C)c1ccccc1C(=O)O. The molecule has 0 radical (unpaired) electrons. The molecule has 116 valence electrons.